The van der Waals surface area contributed by atoms with Gasteiger partial charge in [0.2, 0.25) is 0 Å². The molecule has 2 heteroatoms. The Kier molecular flexibility index (Phi) is 5.38. The van der Waals surface area contributed by atoms with Gasteiger partial charge in [-0.25, -0.2) is 0 Å². The third-order valence-electron chi connectivity index (χ3n) is 4.14. The van der Waals surface area contributed by atoms with Gasteiger partial charge in [0.1, 0.15) is 5.75 Å². The Balaban J connectivity index is 2.44. The molecule has 0 heterocycles. The van der Waals surface area contributed by atoms with Crippen molar-refractivity contribution in [3.63, 3.8) is 0 Å². The number of fused-ring (bicyclic) bond motifs is 1. The van der Waals surface area contributed by atoms with Crippen LogP contribution in [0.1, 0.15) is 49.9 Å². The van der Waals surface area contributed by atoms with Crippen molar-refractivity contribution in [1.29, 1.82) is 0 Å². The third kappa shape index (κ3) is 3.26. The molecule has 2 rings (SSSR count). The molecule has 0 aliphatic heterocycles. The Bertz CT molecular complexity index is 616. The molecular weight excluding hydrogens is 260 g/mol. The quantitative estimate of drug-likeness (QED) is 0.649. The second kappa shape index (κ2) is 7.26. The Morgan fingerprint density at radius 2 is 1.81 bits per heavy atom. The van der Waals surface area contributed by atoms with Gasteiger partial charge in [0.25, 0.3) is 0 Å². The van der Waals surface area contributed by atoms with Gasteiger partial charge in [-0.1, -0.05) is 51.0 Å². The predicted molar refractivity (Wildman–Crippen MR) is 88.1 cm³/mol. The first-order chi connectivity index (χ1) is 10.2. The number of rotatable bonds is 7. The molecule has 112 valence electrons. The van der Waals surface area contributed by atoms with E-state index >= 15 is 0 Å². The van der Waals surface area contributed by atoms with Crippen LogP contribution in [0, 0.1) is 5.92 Å². The Morgan fingerprint density at radius 3 is 2.43 bits per heavy atom. The number of hydrogen-bond acceptors (Lipinski definition) is 2. The van der Waals surface area contributed by atoms with Crippen molar-refractivity contribution in [2.24, 2.45) is 5.92 Å². The molecule has 1 atom stereocenters. The maximum absolute atomic E-state index is 12.9. The highest BCUT2D eigenvalue weighted by atomic mass is 16.5. The molecule has 0 aliphatic rings. The van der Waals surface area contributed by atoms with E-state index in [1.807, 2.05) is 36.4 Å². The maximum atomic E-state index is 12.9. The number of carbonyl (C=O) groups is 1. The third-order valence-corrected chi connectivity index (χ3v) is 4.14. The first-order valence-electron chi connectivity index (χ1n) is 7.82. The van der Waals surface area contributed by atoms with E-state index in [1.165, 1.54) is 0 Å². The summed E-state index contributed by atoms with van der Waals surface area (Å²) in [6.07, 6.45) is 4.12. The van der Waals surface area contributed by atoms with Crippen LogP contribution in [0.25, 0.3) is 10.8 Å². The zero-order valence-corrected chi connectivity index (χ0v) is 13.2. The topological polar surface area (TPSA) is 26.3 Å². The van der Waals surface area contributed by atoms with Gasteiger partial charge in [0.05, 0.1) is 7.11 Å². The number of benzene rings is 2. The van der Waals surface area contributed by atoms with Crippen LogP contribution in [0.2, 0.25) is 0 Å². The number of hydrogen-bond donors (Lipinski definition) is 0. The van der Waals surface area contributed by atoms with Gasteiger partial charge in [-0.3, -0.25) is 4.79 Å². The highest BCUT2D eigenvalue weighted by Crippen LogP contribution is 2.31. The predicted octanol–water partition coefficient (Wildman–Crippen LogP) is 5.25. The fourth-order valence-corrected chi connectivity index (χ4v) is 2.86. The minimum absolute atomic E-state index is 0.127. The van der Waals surface area contributed by atoms with Crippen LogP contribution in [0.5, 0.6) is 5.75 Å². The number of carbonyl (C=O) groups excluding carboxylic acids is 1. The summed E-state index contributed by atoms with van der Waals surface area (Å²) in [6.45, 7) is 4.27. The van der Waals surface area contributed by atoms with Gasteiger partial charge in [-0.05, 0) is 30.4 Å². The SMILES string of the molecule is CCCCC(CC)C(=O)c1ccc(OC)c2ccccc12. The summed E-state index contributed by atoms with van der Waals surface area (Å²) < 4.78 is 5.40. The van der Waals surface area contributed by atoms with Crippen LogP contribution in [-0.2, 0) is 0 Å². The van der Waals surface area contributed by atoms with Crippen molar-refractivity contribution in [2.75, 3.05) is 7.11 Å². The van der Waals surface area contributed by atoms with Crippen LogP contribution in [0.3, 0.4) is 0 Å². The summed E-state index contributed by atoms with van der Waals surface area (Å²) in [5.74, 6) is 1.22. The lowest BCUT2D eigenvalue weighted by Gasteiger charge is -2.16. The molecule has 0 bridgehead atoms. The van der Waals surface area contributed by atoms with Crippen molar-refractivity contribution in [2.45, 2.75) is 39.5 Å². The van der Waals surface area contributed by atoms with Gasteiger partial charge in [-0.2, -0.15) is 0 Å². The average molecular weight is 284 g/mol. The molecule has 21 heavy (non-hydrogen) atoms. The minimum atomic E-state index is 0.127. The van der Waals surface area contributed by atoms with Crippen molar-refractivity contribution in [3.05, 3.63) is 42.0 Å². The van der Waals surface area contributed by atoms with Gasteiger partial charge in [-0.15, -0.1) is 0 Å². The van der Waals surface area contributed by atoms with Crippen molar-refractivity contribution < 1.29 is 9.53 Å². The number of Topliss-reactive ketones (excluding diaryl/α,β-unsaturated/α-hetero) is 1. The van der Waals surface area contributed by atoms with Crippen LogP contribution in [0.4, 0.5) is 0 Å². The van der Waals surface area contributed by atoms with Crippen LogP contribution >= 0.6 is 0 Å². The normalized spacial score (nSPS) is 12.3. The molecule has 2 nitrogen and oxygen atoms in total. The second-order valence-corrected chi connectivity index (χ2v) is 5.47. The van der Waals surface area contributed by atoms with Crippen molar-refractivity contribution in [1.82, 2.24) is 0 Å². The first-order valence-corrected chi connectivity index (χ1v) is 7.82. The summed E-state index contributed by atoms with van der Waals surface area (Å²) in [6, 6.07) is 11.8. The average Bonchev–Trinajstić information content (AvgIpc) is 2.54. The summed E-state index contributed by atoms with van der Waals surface area (Å²) in [5.41, 5.74) is 0.828. The van der Waals surface area contributed by atoms with Gasteiger partial charge in [0.15, 0.2) is 5.78 Å². The van der Waals surface area contributed by atoms with E-state index in [0.29, 0.717) is 0 Å². The van der Waals surface area contributed by atoms with Crippen molar-refractivity contribution in [3.8, 4) is 5.75 Å². The summed E-state index contributed by atoms with van der Waals surface area (Å²) in [5, 5.41) is 2.01. The molecular formula is C19H24O2. The number of methoxy groups -OCH3 is 1. The summed E-state index contributed by atoms with van der Waals surface area (Å²) in [4.78, 5) is 12.9. The minimum Gasteiger partial charge on any atom is -0.496 e. The van der Waals surface area contributed by atoms with Gasteiger partial charge in [0, 0.05) is 16.9 Å². The highest BCUT2D eigenvalue weighted by Gasteiger charge is 2.20. The van der Waals surface area contributed by atoms with E-state index in [-0.39, 0.29) is 11.7 Å². The maximum Gasteiger partial charge on any atom is 0.166 e. The van der Waals surface area contributed by atoms with Crippen LogP contribution < -0.4 is 4.74 Å². The molecule has 2 aromatic rings. The standard InChI is InChI=1S/C19H24O2/c1-4-6-9-14(5-2)19(20)17-12-13-18(21-3)16-11-8-7-10-15(16)17/h7-8,10-14H,4-6,9H2,1-3H3. The Morgan fingerprint density at radius 1 is 1.10 bits per heavy atom. The van der Waals surface area contributed by atoms with E-state index in [9.17, 15) is 4.79 Å². The molecule has 0 saturated heterocycles. The number of ketones is 1. The fraction of sp³-hybridized carbons (Fsp3) is 0.421. The molecule has 0 aromatic heterocycles. The lowest BCUT2D eigenvalue weighted by Crippen LogP contribution is -2.14. The molecule has 0 radical (unpaired) electrons. The molecule has 0 fully saturated rings. The molecule has 0 spiro atoms. The molecule has 2 aromatic carbocycles. The number of unbranched alkanes of at least 4 members (excludes halogenated alkanes) is 1. The smallest absolute Gasteiger partial charge is 0.166 e. The lowest BCUT2D eigenvalue weighted by molar-refractivity contribution is 0.0910. The monoisotopic (exact) mass is 284 g/mol. The molecule has 0 saturated carbocycles. The summed E-state index contributed by atoms with van der Waals surface area (Å²) >= 11 is 0. The van der Waals surface area contributed by atoms with E-state index in [1.54, 1.807) is 7.11 Å². The Hall–Kier alpha value is -1.83. The number of ether oxygens (including phenoxy) is 1. The van der Waals surface area contributed by atoms with Gasteiger partial charge < -0.3 is 4.74 Å². The van der Waals surface area contributed by atoms with Crippen molar-refractivity contribution >= 4 is 16.6 Å². The van der Waals surface area contributed by atoms with E-state index in [2.05, 4.69) is 13.8 Å². The van der Waals surface area contributed by atoms with Gasteiger partial charge >= 0.3 is 0 Å². The van der Waals surface area contributed by atoms with Crippen LogP contribution in [-0.4, -0.2) is 12.9 Å². The molecule has 1 unspecified atom stereocenters. The first kappa shape index (κ1) is 15.6. The molecule has 0 N–H and O–H groups in total. The van der Waals surface area contributed by atoms with E-state index in [0.717, 1.165) is 47.8 Å². The van der Waals surface area contributed by atoms with Crippen LogP contribution in [0.15, 0.2) is 36.4 Å². The zero-order chi connectivity index (χ0) is 15.2. The lowest BCUT2D eigenvalue weighted by atomic mass is 9.88. The molecule has 0 amide bonds. The van der Waals surface area contributed by atoms with E-state index < -0.39 is 0 Å². The second-order valence-electron chi connectivity index (χ2n) is 5.47. The zero-order valence-electron chi connectivity index (χ0n) is 13.2. The molecule has 0 aliphatic carbocycles. The Labute approximate surface area is 127 Å². The highest BCUT2D eigenvalue weighted by molar-refractivity contribution is 6.10. The largest absolute Gasteiger partial charge is 0.496 e. The fourth-order valence-electron chi connectivity index (χ4n) is 2.86. The van der Waals surface area contributed by atoms with E-state index in [4.69, 9.17) is 4.74 Å². The summed E-state index contributed by atoms with van der Waals surface area (Å²) in [7, 11) is 1.67.